The number of aryl methyl sites for hydroxylation is 1. The zero-order valence-electron chi connectivity index (χ0n) is 11.4. The Morgan fingerprint density at radius 3 is 2.71 bits per heavy atom. The highest BCUT2D eigenvalue weighted by Gasteiger charge is 2.57. The normalized spacial score (nSPS) is 25.9. The fraction of sp³-hybridized carbons (Fsp3) is 0.278. The minimum atomic E-state index is 0.0737. The molecule has 3 atom stereocenters. The van der Waals surface area contributed by atoms with Gasteiger partial charge in [0, 0.05) is 11.5 Å². The van der Waals surface area contributed by atoms with Crippen LogP contribution in [0.25, 0.3) is 0 Å². The minimum Gasteiger partial charge on any atom is -0.294 e. The number of hydrogen-bond acceptors (Lipinski definition) is 1. The number of carbonyl (C=O) groups is 1. The third-order valence-electron chi connectivity index (χ3n) is 4.85. The lowest BCUT2D eigenvalue weighted by Crippen LogP contribution is -2.05. The summed E-state index contributed by atoms with van der Waals surface area (Å²) in [6.07, 6.45) is 2.17. The van der Waals surface area contributed by atoms with E-state index in [1.54, 1.807) is 18.2 Å². The summed E-state index contributed by atoms with van der Waals surface area (Å²) in [4.78, 5) is 12.8. The molecule has 21 heavy (non-hydrogen) atoms. The van der Waals surface area contributed by atoms with Crippen LogP contribution in [0.1, 0.15) is 33.8 Å². The Hall–Kier alpha value is -1.31. The molecule has 106 valence electrons. The number of Topliss-reactive ketones (excluding diaryl/α,β-unsaturated/α-hetero) is 1. The standard InChI is InChI=1S/C18H14Cl2O/c19-14-7-3-6-13(17(14)20)18(21)16-12-9-8-10-4-1-2-5-11(10)15(12)16/h1-7,12,15-16H,8-9H2. The predicted molar refractivity (Wildman–Crippen MR) is 85.3 cm³/mol. The summed E-state index contributed by atoms with van der Waals surface area (Å²) in [5, 5.41) is 0.840. The first kappa shape index (κ1) is 13.4. The average molecular weight is 317 g/mol. The van der Waals surface area contributed by atoms with Gasteiger partial charge in [-0.15, -0.1) is 0 Å². The summed E-state index contributed by atoms with van der Waals surface area (Å²) in [6.45, 7) is 0. The molecular formula is C18H14Cl2O. The van der Waals surface area contributed by atoms with E-state index < -0.39 is 0 Å². The first-order valence-electron chi connectivity index (χ1n) is 7.24. The van der Waals surface area contributed by atoms with Crippen LogP contribution >= 0.6 is 23.2 Å². The van der Waals surface area contributed by atoms with Crippen LogP contribution in [0.4, 0.5) is 0 Å². The maximum atomic E-state index is 12.8. The first-order valence-corrected chi connectivity index (χ1v) is 8.00. The van der Waals surface area contributed by atoms with Gasteiger partial charge in [-0.3, -0.25) is 4.79 Å². The number of carbonyl (C=O) groups excluding carboxylic acids is 1. The van der Waals surface area contributed by atoms with Crippen molar-refractivity contribution in [3.05, 3.63) is 69.2 Å². The second-order valence-electron chi connectivity index (χ2n) is 5.92. The molecule has 0 heterocycles. The van der Waals surface area contributed by atoms with Gasteiger partial charge >= 0.3 is 0 Å². The van der Waals surface area contributed by atoms with Gasteiger partial charge in [0.2, 0.25) is 0 Å². The lowest BCUT2D eigenvalue weighted by molar-refractivity contribution is 0.0959. The van der Waals surface area contributed by atoms with Crippen LogP contribution in [0.15, 0.2) is 42.5 Å². The maximum absolute atomic E-state index is 12.8. The van der Waals surface area contributed by atoms with Gasteiger partial charge in [-0.1, -0.05) is 53.5 Å². The summed E-state index contributed by atoms with van der Waals surface area (Å²) >= 11 is 12.2. The molecule has 0 aromatic heterocycles. The van der Waals surface area contributed by atoms with Crippen molar-refractivity contribution in [3.63, 3.8) is 0 Å². The number of rotatable bonds is 2. The molecule has 4 rings (SSSR count). The van der Waals surface area contributed by atoms with Crippen LogP contribution in [-0.2, 0) is 6.42 Å². The van der Waals surface area contributed by atoms with Gasteiger partial charge < -0.3 is 0 Å². The van der Waals surface area contributed by atoms with Gasteiger partial charge in [0.25, 0.3) is 0 Å². The minimum absolute atomic E-state index is 0.0737. The zero-order valence-corrected chi connectivity index (χ0v) is 12.9. The molecule has 1 saturated carbocycles. The summed E-state index contributed by atoms with van der Waals surface area (Å²) < 4.78 is 0. The van der Waals surface area contributed by atoms with Gasteiger partial charge in [-0.2, -0.15) is 0 Å². The molecule has 1 fully saturated rings. The lowest BCUT2D eigenvalue weighted by Gasteiger charge is -2.13. The second kappa shape index (κ2) is 4.86. The van der Waals surface area contributed by atoms with E-state index >= 15 is 0 Å². The predicted octanol–water partition coefficient (Wildman–Crippen LogP) is 5.15. The number of hydrogen-bond donors (Lipinski definition) is 0. The Bertz CT molecular complexity index is 738. The summed E-state index contributed by atoms with van der Waals surface area (Å²) in [5.74, 6) is 1.07. The first-order chi connectivity index (χ1) is 10.2. The fourth-order valence-corrected chi connectivity index (χ4v) is 4.19. The van der Waals surface area contributed by atoms with E-state index in [9.17, 15) is 4.79 Å². The van der Waals surface area contributed by atoms with Crippen molar-refractivity contribution in [1.29, 1.82) is 0 Å². The number of halogens is 2. The van der Waals surface area contributed by atoms with E-state index in [-0.39, 0.29) is 11.7 Å². The van der Waals surface area contributed by atoms with Crippen LogP contribution in [0.3, 0.4) is 0 Å². The molecule has 0 amide bonds. The van der Waals surface area contributed by atoms with E-state index in [0.717, 1.165) is 12.8 Å². The Kier molecular flexibility index (Phi) is 3.09. The van der Waals surface area contributed by atoms with Crippen LogP contribution in [0.5, 0.6) is 0 Å². The van der Waals surface area contributed by atoms with Gasteiger partial charge in [0.1, 0.15) is 0 Å². The average Bonchev–Trinajstić information content (AvgIpc) is 3.24. The zero-order chi connectivity index (χ0) is 14.6. The highest BCUT2D eigenvalue weighted by atomic mass is 35.5. The Morgan fingerprint density at radius 1 is 1.05 bits per heavy atom. The van der Waals surface area contributed by atoms with Crippen LogP contribution in [0, 0.1) is 11.8 Å². The highest BCUT2D eigenvalue weighted by Crippen LogP contribution is 2.61. The van der Waals surface area contributed by atoms with Crippen molar-refractivity contribution in [3.8, 4) is 0 Å². The molecule has 3 heteroatoms. The molecule has 0 saturated heterocycles. The third kappa shape index (κ3) is 2.03. The molecule has 2 aliphatic carbocycles. The smallest absolute Gasteiger partial charge is 0.168 e. The van der Waals surface area contributed by atoms with E-state index in [4.69, 9.17) is 23.2 Å². The molecule has 2 aliphatic rings. The van der Waals surface area contributed by atoms with E-state index in [1.807, 2.05) is 0 Å². The van der Waals surface area contributed by atoms with Gasteiger partial charge in [-0.25, -0.2) is 0 Å². The van der Waals surface area contributed by atoms with E-state index in [0.29, 0.717) is 27.4 Å². The third-order valence-corrected chi connectivity index (χ3v) is 5.67. The summed E-state index contributed by atoms with van der Waals surface area (Å²) in [7, 11) is 0. The van der Waals surface area contributed by atoms with Crippen molar-refractivity contribution in [2.24, 2.45) is 11.8 Å². The lowest BCUT2D eigenvalue weighted by atomic mass is 9.92. The molecule has 0 bridgehead atoms. The number of benzene rings is 2. The molecule has 1 nitrogen and oxygen atoms in total. The van der Waals surface area contributed by atoms with Gasteiger partial charge in [0.15, 0.2) is 5.78 Å². The largest absolute Gasteiger partial charge is 0.294 e. The van der Waals surface area contributed by atoms with Crippen molar-refractivity contribution in [2.45, 2.75) is 18.8 Å². The van der Waals surface area contributed by atoms with Crippen LogP contribution < -0.4 is 0 Å². The molecule has 2 aromatic carbocycles. The van der Waals surface area contributed by atoms with Gasteiger partial charge in [-0.05, 0) is 47.9 Å². The Labute approximate surface area is 133 Å². The second-order valence-corrected chi connectivity index (χ2v) is 6.70. The van der Waals surface area contributed by atoms with E-state index in [2.05, 4.69) is 24.3 Å². The van der Waals surface area contributed by atoms with Crippen LogP contribution in [0.2, 0.25) is 10.0 Å². The van der Waals surface area contributed by atoms with Crippen molar-refractivity contribution >= 4 is 29.0 Å². The summed E-state index contributed by atoms with van der Waals surface area (Å²) in [5.41, 5.74) is 3.32. The topological polar surface area (TPSA) is 17.1 Å². The SMILES string of the molecule is O=C(c1cccc(Cl)c1Cl)C1C2CCc3ccccc3C21. The maximum Gasteiger partial charge on any atom is 0.168 e. The summed E-state index contributed by atoms with van der Waals surface area (Å²) in [6, 6.07) is 13.8. The highest BCUT2D eigenvalue weighted by molar-refractivity contribution is 6.44. The molecule has 0 spiro atoms. The van der Waals surface area contributed by atoms with Gasteiger partial charge in [0.05, 0.1) is 10.0 Å². The molecule has 0 N–H and O–H groups in total. The quantitative estimate of drug-likeness (QED) is 0.700. The fourth-order valence-electron chi connectivity index (χ4n) is 3.80. The van der Waals surface area contributed by atoms with Crippen molar-refractivity contribution in [1.82, 2.24) is 0 Å². The molecule has 0 radical (unpaired) electrons. The molecule has 2 aromatic rings. The Balaban J connectivity index is 1.68. The number of ketones is 1. The molecular weight excluding hydrogens is 303 g/mol. The monoisotopic (exact) mass is 316 g/mol. The van der Waals surface area contributed by atoms with E-state index in [1.165, 1.54) is 11.1 Å². The van der Waals surface area contributed by atoms with Crippen molar-refractivity contribution < 1.29 is 4.79 Å². The molecule has 0 aliphatic heterocycles. The number of fused-ring (bicyclic) bond motifs is 3. The van der Waals surface area contributed by atoms with Crippen molar-refractivity contribution in [2.75, 3.05) is 0 Å². The van der Waals surface area contributed by atoms with Crippen LogP contribution in [-0.4, -0.2) is 5.78 Å². The Morgan fingerprint density at radius 2 is 1.86 bits per heavy atom. The molecule has 3 unspecified atom stereocenters.